The van der Waals surface area contributed by atoms with Crippen molar-refractivity contribution in [1.82, 2.24) is 5.32 Å². The summed E-state index contributed by atoms with van der Waals surface area (Å²) in [4.78, 5) is 12.1. The van der Waals surface area contributed by atoms with Gasteiger partial charge in [0.25, 0.3) is 0 Å². The maximum Gasteiger partial charge on any atom is 0.224 e. The molecule has 0 aliphatic heterocycles. The van der Waals surface area contributed by atoms with Crippen LogP contribution < -0.4 is 10.1 Å². The van der Waals surface area contributed by atoms with Crippen LogP contribution in [0.2, 0.25) is 5.02 Å². The van der Waals surface area contributed by atoms with Crippen LogP contribution in [0.1, 0.15) is 24.8 Å². The molecule has 2 N–H and O–H groups in total. The molecule has 1 unspecified atom stereocenters. The molecule has 0 bridgehead atoms. The molecule has 4 nitrogen and oxygen atoms in total. The highest BCUT2D eigenvalue weighted by atomic mass is 35.5. The van der Waals surface area contributed by atoms with Crippen molar-refractivity contribution in [2.45, 2.75) is 31.7 Å². The highest BCUT2D eigenvalue weighted by Crippen LogP contribution is 2.34. The highest BCUT2D eigenvalue weighted by molar-refractivity contribution is 6.31. The summed E-state index contributed by atoms with van der Waals surface area (Å²) in [6.07, 6.45) is 3.13. The highest BCUT2D eigenvalue weighted by Gasteiger charge is 2.31. The minimum absolute atomic E-state index is 0.0533. The van der Waals surface area contributed by atoms with Gasteiger partial charge in [0, 0.05) is 17.7 Å². The Bertz CT molecular complexity index is 474. The molecule has 0 spiro atoms. The first-order valence-corrected chi connectivity index (χ1v) is 7.24. The van der Waals surface area contributed by atoms with Crippen LogP contribution in [0.4, 0.5) is 0 Å². The average Bonchev–Trinajstić information content (AvgIpc) is 3.25. The van der Waals surface area contributed by atoms with E-state index in [0.717, 1.165) is 18.4 Å². The van der Waals surface area contributed by atoms with Crippen molar-refractivity contribution in [2.24, 2.45) is 5.92 Å². The number of hydrogen-bond donors (Lipinski definition) is 2. The Morgan fingerprint density at radius 2 is 2.30 bits per heavy atom. The Hall–Kier alpha value is -1.26. The van der Waals surface area contributed by atoms with Gasteiger partial charge in [-0.1, -0.05) is 17.7 Å². The van der Waals surface area contributed by atoms with E-state index in [1.807, 2.05) is 0 Å². The first kappa shape index (κ1) is 15.1. The van der Waals surface area contributed by atoms with Gasteiger partial charge in [0.1, 0.15) is 5.75 Å². The number of carbonyl (C=O) groups excluding carboxylic acids is 1. The molecule has 0 saturated heterocycles. The van der Waals surface area contributed by atoms with Crippen LogP contribution >= 0.6 is 11.6 Å². The van der Waals surface area contributed by atoms with Crippen molar-refractivity contribution in [1.29, 1.82) is 0 Å². The number of hydrogen-bond acceptors (Lipinski definition) is 3. The normalized spacial score (nSPS) is 15.8. The quantitative estimate of drug-likeness (QED) is 0.811. The van der Waals surface area contributed by atoms with Gasteiger partial charge < -0.3 is 15.2 Å². The van der Waals surface area contributed by atoms with Gasteiger partial charge in [0.2, 0.25) is 5.91 Å². The molecule has 20 heavy (non-hydrogen) atoms. The molecule has 2 rings (SSSR count). The van der Waals surface area contributed by atoms with Crippen molar-refractivity contribution in [3.8, 4) is 5.75 Å². The maximum atomic E-state index is 12.1. The number of aliphatic hydroxyl groups is 1. The number of carbonyl (C=O) groups is 1. The third-order valence-electron chi connectivity index (χ3n) is 3.59. The van der Waals surface area contributed by atoms with Crippen molar-refractivity contribution >= 4 is 17.5 Å². The molecule has 110 valence electrons. The number of ether oxygens (including phenoxy) is 1. The third kappa shape index (κ3) is 4.12. The van der Waals surface area contributed by atoms with Crippen LogP contribution in [0.3, 0.4) is 0 Å². The molecule has 1 saturated carbocycles. The largest absolute Gasteiger partial charge is 0.497 e. The van der Waals surface area contributed by atoms with Gasteiger partial charge in [0.05, 0.1) is 13.5 Å². The summed E-state index contributed by atoms with van der Waals surface area (Å²) < 4.78 is 5.08. The van der Waals surface area contributed by atoms with E-state index in [1.165, 1.54) is 0 Å². The molecule has 0 aromatic heterocycles. The van der Waals surface area contributed by atoms with Crippen LogP contribution in [0.25, 0.3) is 0 Å². The Kier molecular flexibility index (Phi) is 5.26. The molecule has 1 amide bonds. The van der Waals surface area contributed by atoms with Gasteiger partial charge in [0.15, 0.2) is 0 Å². The lowest BCUT2D eigenvalue weighted by molar-refractivity contribution is -0.121. The molecule has 1 aromatic carbocycles. The Morgan fingerprint density at radius 3 is 2.85 bits per heavy atom. The zero-order chi connectivity index (χ0) is 14.5. The van der Waals surface area contributed by atoms with Crippen molar-refractivity contribution < 1.29 is 14.6 Å². The topological polar surface area (TPSA) is 58.6 Å². The molecule has 0 radical (unpaired) electrons. The maximum absolute atomic E-state index is 12.1. The van der Waals surface area contributed by atoms with Crippen LogP contribution in [0, 0.1) is 5.92 Å². The fourth-order valence-corrected chi connectivity index (χ4v) is 2.53. The Balaban J connectivity index is 1.93. The third-order valence-corrected chi connectivity index (χ3v) is 3.94. The van der Waals surface area contributed by atoms with E-state index in [2.05, 4.69) is 5.32 Å². The molecule has 1 atom stereocenters. The van der Waals surface area contributed by atoms with Crippen molar-refractivity contribution in [2.75, 3.05) is 13.7 Å². The van der Waals surface area contributed by atoms with E-state index in [0.29, 0.717) is 23.1 Å². The SMILES string of the molecule is COc1ccc(CC(=O)NC(CCO)C2CC2)c(Cl)c1. The fraction of sp³-hybridized carbons (Fsp3) is 0.533. The van der Waals surface area contributed by atoms with E-state index >= 15 is 0 Å². The summed E-state index contributed by atoms with van der Waals surface area (Å²) in [6, 6.07) is 5.39. The summed E-state index contributed by atoms with van der Waals surface area (Å²) >= 11 is 6.12. The number of aliphatic hydroxyl groups excluding tert-OH is 1. The van der Waals surface area contributed by atoms with Gasteiger partial charge >= 0.3 is 0 Å². The molecule has 1 aliphatic carbocycles. The predicted molar refractivity (Wildman–Crippen MR) is 78.1 cm³/mol. The summed E-state index contributed by atoms with van der Waals surface area (Å²) in [5, 5.41) is 12.6. The van der Waals surface area contributed by atoms with Gasteiger partial charge in [-0.05, 0) is 42.9 Å². The van der Waals surface area contributed by atoms with E-state index in [-0.39, 0.29) is 25.0 Å². The Morgan fingerprint density at radius 1 is 1.55 bits per heavy atom. The first-order valence-electron chi connectivity index (χ1n) is 6.86. The van der Waals surface area contributed by atoms with Gasteiger partial charge in [-0.2, -0.15) is 0 Å². The number of nitrogens with one attached hydrogen (secondary N) is 1. The van der Waals surface area contributed by atoms with Crippen LogP contribution in [0.5, 0.6) is 5.75 Å². The van der Waals surface area contributed by atoms with E-state index < -0.39 is 0 Å². The number of benzene rings is 1. The number of rotatable bonds is 7. The second kappa shape index (κ2) is 6.95. The number of amides is 1. The van der Waals surface area contributed by atoms with Gasteiger partial charge in [-0.3, -0.25) is 4.79 Å². The van der Waals surface area contributed by atoms with Gasteiger partial charge in [-0.15, -0.1) is 0 Å². The first-order chi connectivity index (χ1) is 9.63. The smallest absolute Gasteiger partial charge is 0.224 e. The summed E-state index contributed by atoms with van der Waals surface area (Å²) in [5.41, 5.74) is 0.781. The second-order valence-corrected chi connectivity index (χ2v) is 5.57. The minimum atomic E-state index is -0.0533. The lowest BCUT2D eigenvalue weighted by Crippen LogP contribution is -2.38. The van der Waals surface area contributed by atoms with Crippen LogP contribution in [-0.2, 0) is 11.2 Å². The minimum Gasteiger partial charge on any atom is -0.497 e. The second-order valence-electron chi connectivity index (χ2n) is 5.16. The number of halogens is 1. The van der Waals surface area contributed by atoms with E-state index in [9.17, 15) is 4.79 Å². The lowest BCUT2D eigenvalue weighted by Gasteiger charge is -2.17. The van der Waals surface area contributed by atoms with E-state index in [1.54, 1.807) is 25.3 Å². The molecule has 1 aliphatic rings. The molecular formula is C15H20ClNO3. The molecule has 1 fully saturated rings. The lowest BCUT2D eigenvalue weighted by atomic mass is 10.1. The number of methoxy groups -OCH3 is 1. The van der Waals surface area contributed by atoms with Crippen molar-refractivity contribution in [3.05, 3.63) is 28.8 Å². The van der Waals surface area contributed by atoms with E-state index in [4.69, 9.17) is 21.4 Å². The van der Waals surface area contributed by atoms with Crippen LogP contribution in [-0.4, -0.2) is 30.8 Å². The summed E-state index contributed by atoms with van der Waals surface area (Å²) in [5.74, 6) is 1.15. The summed E-state index contributed by atoms with van der Waals surface area (Å²) in [6.45, 7) is 0.102. The zero-order valence-corrected chi connectivity index (χ0v) is 12.3. The zero-order valence-electron chi connectivity index (χ0n) is 11.6. The standard InChI is InChI=1S/C15H20ClNO3/c1-20-12-5-4-11(13(16)9-12)8-15(19)17-14(6-7-18)10-2-3-10/h4-5,9-10,14,18H,2-3,6-8H2,1H3,(H,17,19). The monoisotopic (exact) mass is 297 g/mol. The average molecular weight is 298 g/mol. The predicted octanol–water partition coefficient (Wildman–Crippen LogP) is 2.17. The molecule has 1 aromatic rings. The molecule has 5 heteroatoms. The molecular weight excluding hydrogens is 278 g/mol. The fourth-order valence-electron chi connectivity index (χ4n) is 2.29. The summed E-state index contributed by atoms with van der Waals surface area (Å²) in [7, 11) is 1.58. The van der Waals surface area contributed by atoms with Crippen LogP contribution in [0.15, 0.2) is 18.2 Å². The van der Waals surface area contributed by atoms with Crippen molar-refractivity contribution in [3.63, 3.8) is 0 Å². The van der Waals surface area contributed by atoms with Gasteiger partial charge in [-0.25, -0.2) is 0 Å². The molecule has 0 heterocycles. The Labute approximate surface area is 124 Å².